The molecular weight excluding hydrogens is 618 g/mol. The molecule has 9 nitrogen and oxygen atoms in total. The van der Waals surface area contributed by atoms with Crippen molar-refractivity contribution in [2.45, 2.75) is 25.7 Å². The number of halogens is 1. The minimum atomic E-state index is -1.16. The van der Waals surface area contributed by atoms with Crippen LogP contribution in [0.3, 0.4) is 0 Å². The van der Waals surface area contributed by atoms with Crippen LogP contribution in [0.25, 0.3) is 0 Å². The third-order valence-electron chi connectivity index (χ3n) is 6.06. The quantitative estimate of drug-likeness (QED) is 0.0811. The molecule has 0 aromatic heterocycles. The van der Waals surface area contributed by atoms with Gasteiger partial charge >= 0.3 is 18.2 Å². The summed E-state index contributed by atoms with van der Waals surface area (Å²) in [5.74, 6) is -0.977. The lowest BCUT2D eigenvalue weighted by Crippen LogP contribution is -2.44. The number of ketones is 1. The number of amides is 1. The van der Waals surface area contributed by atoms with Crippen molar-refractivity contribution in [1.82, 2.24) is 5.32 Å². The van der Waals surface area contributed by atoms with Crippen molar-refractivity contribution in [3.8, 4) is 5.75 Å². The standard InChI is InChI=1S/C33H28BrNO8/c34-27-15-13-26(14-16-27)30(36)22-40-31(37)29(35-32(38)41-20-24-7-3-1-4-8-24)19-23-11-17-28(18-12-23)43-33(39)42-21-25-9-5-2-6-10-25/h1-18,29H,19-22H2,(H,35,38)/t29-/m0/s1. The van der Waals surface area contributed by atoms with E-state index in [1.807, 2.05) is 48.5 Å². The van der Waals surface area contributed by atoms with Gasteiger partial charge in [-0.25, -0.2) is 14.4 Å². The highest BCUT2D eigenvalue weighted by Crippen LogP contribution is 2.16. The molecule has 1 N–H and O–H groups in total. The van der Waals surface area contributed by atoms with Crippen molar-refractivity contribution in [3.05, 3.63) is 136 Å². The summed E-state index contributed by atoms with van der Waals surface area (Å²) < 4.78 is 21.7. The van der Waals surface area contributed by atoms with Crippen LogP contribution in [0.1, 0.15) is 27.0 Å². The molecule has 4 aromatic carbocycles. The molecule has 0 aliphatic carbocycles. The number of esters is 1. The topological polar surface area (TPSA) is 117 Å². The molecular formula is C33H28BrNO8. The molecule has 4 aromatic rings. The number of hydrogen-bond donors (Lipinski definition) is 1. The summed E-state index contributed by atoms with van der Waals surface area (Å²) in [5, 5.41) is 2.53. The Morgan fingerprint density at radius 2 is 1.23 bits per heavy atom. The maximum atomic E-state index is 13.0. The average Bonchev–Trinajstić information content (AvgIpc) is 3.03. The second-order valence-electron chi connectivity index (χ2n) is 9.27. The Balaban J connectivity index is 1.35. The van der Waals surface area contributed by atoms with Gasteiger partial charge in [0.1, 0.15) is 25.0 Å². The van der Waals surface area contributed by atoms with Crippen molar-refractivity contribution in [3.63, 3.8) is 0 Å². The smallest absolute Gasteiger partial charge is 0.456 e. The Bertz CT molecular complexity index is 1510. The highest BCUT2D eigenvalue weighted by molar-refractivity contribution is 9.10. The number of hydrogen-bond acceptors (Lipinski definition) is 8. The van der Waals surface area contributed by atoms with Crippen molar-refractivity contribution < 1.29 is 38.1 Å². The highest BCUT2D eigenvalue weighted by Gasteiger charge is 2.25. The Labute approximate surface area is 256 Å². The van der Waals surface area contributed by atoms with E-state index in [-0.39, 0.29) is 25.4 Å². The molecule has 0 spiro atoms. The van der Waals surface area contributed by atoms with Gasteiger partial charge in [-0.3, -0.25) is 4.79 Å². The molecule has 1 atom stereocenters. The van der Waals surface area contributed by atoms with E-state index in [0.29, 0.717) is 11.1 Å². The molecule has 0 heterocycles. The fraction of sp³-hybridized carbons (Fsp3) is 0.152. The van der Waals surface area contributed by atoms with Gasteiger partial charge in [-0.2, -0.15) is 0 Å². The Hall–Kier alpha value is -4.96. The number of ether oxygens (including phenoxy) is 4. The molecule has 4 rings (SSSR count). The van der Waals surface area contributed by atoms with Crippen LogP contribution in [0, 0.1) is 0 Å². The van der Waals surface area contributed by atoms with E-state index >= 15 is 0 Å². The second kappa shape index (κ2) is 15.9. The summed E-state index contributed by atoms with van der Waals surface area (Å²) in [6, 6.07) is 30.1. The zero-order chi connectivity index (χ0) is 30.4. The summed E-state index contributed by atoms with van der Waals surface area (Å²) in [7, 11) is 0. The van der Waals surface area contributed by atoms with Crippen LogP contribution in [-0.4, -0.2) is 36.6 Å². The zero-order valence-electron chi connectivity index (χ0n) is 22.9. The monoisotopic (exact) mass is 645 g/mol. The van der Waals surface area contributed by atoms with Crippen LogP contribution in [0.5, 0.6) is 5.75 Å². The van der Waals surface area contributed by atoms with E-state index in [2.05, 4.69) is 21.2 Å². The minimum Gasteiger partial charge on any atom is -0.456 e. The minimum absolute atomic E-state index is 0.00288. The largest absolute Gasteiger partial charge is 0.514 e. The van der Waals surface area contributed by atoms with Gasteiger partial charge in [0.05, 0.1) is 0 Å². The molecule has 0 aliphatic rings. The number of carbonyl (C=O) groups excluding carboxylic acids is 4. The number of benzene rings is 4. The molecule has 10 heteroatoms. The number of alkyl carbamates (subject to hydrolysis) is 1. The van der Waals surface area contributed by atoms with Crippen LogP contribution in [0.4, 0.5) is 9.59 Å². The van der Waals surface area contributed by atoms with Gasteiger partial charge in [-0.05, 0) is 41.0 Å². The first-order valence-corrected chi connectivity index (χ1v) is 14.0. The van der Waals surface area contributed by atoms with Gasteiger partial charge < -0.3 is 24.3 Å². The first kappa shape index (κ1) is 31.0. The van der Waals surface area contributed by atoms with E-state index in [0.717, 1.165) is 15.6 Å². The third-order valence-corrected chi connectivity index (χ3v) is 6.59. The molecule has 43 heavy (non-hydrogen) atoms. The fourth-order valence-corrected chi connectivity index (χ4v) is 4.09. The van der Waals surface area contributed by atoms with E-state index < -0.39 is 36.6 Å². The van der Waals surface area contributed by atoms with Gasteiger partial charge in [-0.15, -0.1) is 0 Å². The predicted octanol–water partition coefficient (Wildman–Crippen LogP) is 6.43. The van der Waals surface area contributed by atoms with Crippen molar-refractivity contribution in [2.75, 3.05) is 6.61 Å². The summed E-state index contributed by atoms with van der Waals surface area (Å²) in [6.45, 7) is -0.434. The Morgan fingerprint density at radius 3 is 1.84 bits per heavy atom. The molecule has 220 valence electrons. The lowest BCUT2D eigenvalue weighted by Gasteiger charge is -2.18. The molecule has 0 saturated heterocycles. The average molecular weight is 646 g/mol. The van der Waals surface area contributed by atoms with Crippen LogP contribution in [0.15, 0.2) is 114 Å². The molecule has 0 saturated carbocycles. The first-order valence-electron chi connectivity index (χ1n) is 13.3. The van der Waals surface area contributed by atoms with Gasteiger partial charge in [0.2, 0.25) is 0 Å². The van der Waals surface area contributed by atoms with Crippen LogP contribution in [0.2, 0.25) is 0 Å². The second-order valence-corrected chi connectivity index (χ2v) is 10.2. The summed E-state index contributed by atoms with van der Waals surface area (Å²) in [5.41, 5.74) is 2.59. The lowest BCUT2D eigenvalue weighted by molar-refractivity contribution is -0.144. The van der Waals surface area contributed by atoms with E-state index in [1.165, 1.54) is 12.1 Å². The van der Waals surface area contributed by atoms with Crippen molar-refractivity contribution in [1.29, 1.82) is 0 Å². The zero-order valence-corrected chi connectivity index (χ0v) is 24.5. The van der Waals surface area contributed by atoms with Gasteiger partial charge in [0.25, 0.3) is 0 Å². The maximum absolute atomic E-state index is 13.0. The van der Waals surface area contributed by atoms with Crippen molar-refractivity contribution in [2.24, 2.45) is 0 Å². The summed E-state index contributed by atoms with van der Waals surface area (Å²) in [6.07, 6.45) is -1.67. The van der Waals surface area contributed by atoms with E-state index in [1.54, 1.807) is 48.5 Å². The van der Waals surface area contributed by atoms with E-state index in [4.69, 9.17) is 18.9 Å². The van der Waals surface area contributed by atoms with E-state index in [9.17, 15) is 19.2 Å². The molecule has 0 radical (unpaired) electrons. The third kappa shape index (κ3) is 10.4. The summed E-state index contributed by atoms with van der Waals surface area (Å²) >= 11 is 3.31. The number of rotatable bonds is 12. The molecule has 1 amide bonds. The molecule has 0 unspecified atom stereocenters. The van der Waals surface area contributed by atoms with Crippen molar-refractivity contribution >= 4 is 39.9 Å². The Kier molecular flexibility index (Phi) is 11.4. The van der Waals surface area contributed by atoms with Gasteiger partial charge in [0, 0.05) is 16.5 Å². The lowest BCUT2D eigenvalue weighted by atomic mass is 10.1. The van der Waals surface area contributed by atoms with Gasteiger partial charge in [0.15, 0.2) is 12.4 Å². The maximum Gasteiger partial charge on any atom is 0.514 e. The number of nitrogens with one attached hydrogen (secondary N) is 1. The van der Waals surface area contributed by atoms with Crippen LogP contribution < -0.4 is 10.1 Å². The van der Waals surface area contributed by atoms with Gasteiger partial charge in [-0.1, -0.05) is 101 Å². The normalized spacial score (nSPS) is 11.1. The first-order chi connectivity index (χ1) is 20.9. The highest BCUT2D eigenvalue weighted by atomic mass is 79.9. The predicted molar refractivity (Wildman–Crippen MR) is 160 cm³/mol. The fourth-order valence-electron chi connectivity index (χ4n) is 3.83. The van der Waals surface area contributed by atoms with Crippen LogP contribution >= 0.6 is 15.9 Å². The number of carbonyl (C=O) groups is 4. The molecule has 0 aliphatic heterocycles. The Morgan fingerprint density at radius 1 is 0.651 bits per heavy atom. The summed E-state index contributed by atoms with van der Waals surface area (Å²) in [4.78, 5) is 50.2. The van der Waals surface area contributed by atoms with Crippen LogP contribution in [-0.2, 0) is 38.6 Å². The molecule has 0 fully saturated rings. The number of Topliss-reactive ketones (excluding diaryl/α,β-unsaturated/α-hetero) is 1. The SMILES string of the molecule is O=C(N[C@@H](Cc1ccc(OC(=O)OCc2ccccc2)cc1)C(=O)OCC(=O)c1ccc(Br)cc1)OCc1ccccc1. The molecule has 0 bridgehead atoms.